The van der Waals surface area contributed by atoms with Gasteiger partial charge < -0.3 is 14.8 Å². The minimum Gasteiger partial charge on any atom is -0.462 e. The van der Waals surface area contributed by atoms with E-state index in [1.807, 2.05) is 6.07 Å². The molecule has 0 aromatic heterocycles. The van der Waals surface area contributed by atoms with E-state index in [1.54, 1.807) is 42.5 Å². The summed E-state index contributed by atoms with van der Waals surface area (Å²) in [4.78, 5) is 23.6. The van der Waals surface area contributed by atoms with E-state index >= 15 is 0 Å². The zero-order chi connectivity index (χ0) is 17.9. The second kappa shape index (κ2) is 7.33. The summed E-state index contributed by atoms with van der Waals surface area (Å²) in [7, 11) is 0. The number of halogens is 2. The molecule has 1 atom stereocenters. The molecule has 2 aromatic carbocycles. The van der Waals surface area contributed by atoms with Crippen LogP contribution in [0.15, 0.2) is 48.5 Å². The van der Waals surface area contributed by atoms with E-state index in [9.17, 15) is 9.59 Å². The third kappa shape index (κ3) is 3.89. The monoisotopic (exact) mass is 379 g/mol. The lowest BCUT2D eigenvalue weighted by molar-refractivity contribution is 0.0156. The fraction of sp³-hybridized carbons (Fsp3) is 0.222. The number of esters is 1. The molecule has 0 spiro atoms. The van der Waals surface area contributed by atoms with Crippen molar-refractivity contribution < 1.29 is 19.1 Å². The van der Waals surface area contributed by atoms with Crippen LogP contribution in [0.2, 0.25) is 10.0 Å². The van der Waals surface area contributed by atoms with Crippen molar-refractivity contribution in [2.24, 2.45) is 0 Å². The Hall–Kier alpha value is -2.24. The van der Waals surface area contributed by atoms with Crippen LogP contribution in [0.5, 0.6) is 0 Å². The lowest BCUT2D eigenvalue weighted by Crippen LogP contribution is -2.32. The molecule has 2 aromatic rings. The largest absolute Gasteiger partial charge is 0.462 e. The summed E-state index contributed by atoms with van der Waals surface area (Å²) >= 11 is 12.0. The van der Waals surface area contributed by atoms with Crippen LogP contribution >= 0.6 is 23.2 Å². The first-order chi connectivity index (χ1) is 12.0. The maximum Gasteiger partial charge on any atom is 0.408 e. The van der Waals surface area contributed by atoms with Crippen molar-refractivity contribution in [1.82, 2.24) is 5.32 Å². The third-order valence-corrected chi connectivity index (χ3v) is 4.74. The molecule has 5 nitrogen and oxygen atoms in total. The second-order valence-electron chi connectivity index (χ2n) is 5.62. The van der Waals surface area contributed by atoms with Crippen LogP contribution in [0.4, 0.5) is 4.79 Å². The van der Waals surface area contributed by atoms with Gasteiger partial charge in [0.05, 0.1) is 28.8 Å². The van der Waals surface area contributed by atoms with Gasteiger partial charge in [-0.1, -0.05) is 47.5 Å². The fourth-order valence-electron chi connectivity index (χ4n) is 2.65. The Bertz CT molecular complexity index is 797. The van der Waals surface area contributed by atoms with Crippen molar-refractivity contribution in [2.45, 2.75) is 12.0 Å². The number of carbonyl (C=O) groups is 2. The predicted molar refractivity (Wildman–Crippen MR) is 94.0 cm³/mol. The van der Waals surface area contributed by atoms with E-state index in [4.69, 9.17) is 32.7 Å². The first-order valence-electron chi connectivity index (χ1n) is 7.65. The molecule has 1 fully saturated rings. The van der Waals surface area contributed by atoms with E-state index < -0.39 is 17.7 Å². The number of nitrogens with one attached hydrogen (secondary N) is 1. The van der Waals surface area contributed by atoms with Gasteiger partial charge in [0.25, 0.3) is 0 Å². The third-order valence-electron chi connectivity index (χ3n) is 4.00. The molecule has 0 saturated carbocycles. The van der Waals surface area contributed by atoms with Gasteiger partial charge in [-0.05, 0) is 29.8 Å². The first-order valence-corrected chi connectivity index (χ1v) is 8.40. The van der Waals surface area contributed by atoms with Crippen molar-refractivity contribution in [3.05, 3.63) is 69.7 Å². The maximum atomic E-state index is 12.0. The lowest BCUT2D eigenvalue weighted by Gasteiger charge is -2.27. The van der Waals surface area contributed by atoms with Gasteiger partial charge in [0.15, 0.2) is 5.60 Å². The van der Waals surface area contributed by atoms with E-state index in [0.717, 1.165) is 0 Å². The number of cyclic esters (lactones) is 1. The zero-order valence-electron chi connectivity index (χ0n) is 13.1. The zero-order valence-corrected chi connectivity index (χ0v) is 14.6. The number of rotatable bonds is 5. The summed E-state index contributed by atoms with van der Waals surface area (Å²) in [5.74, 6) is -0.429. The van der Waals surface area contributed by atoms with Gasteiger partial charge in [0, 0.05) is 6.42 Å². The summed E-state index contributed by atoms with van der Waals surface area (Å²) in [6, 6.07) is 13.7. The molecule has 130 valence electrons. The Labute approximate surface area is 154 Å². The highest BCUT2D eigenvalue weighted by atomic mass is 35.5. The minimum atomic E-state index is -0.956. The van der Waals surface area contributed by atoms with Crippen LogP contribution < -0.4 is 5.32 Å². The normalized spacial score (nSPS) is 19.2. The Balaban J connectivity index is 1.72. The Morgan fingerprint density at radius 2 is 1.92 bits per heavy atom. The molecular weight excluding hydrogens is 365 g/mol. The second-order valence-corrected chi connectivity index (χ2v) is 6.43. The van der Waals surface area contributed by atoms with E-state index in [2.05, 4.69) is 5.32 Å². The van der Waals surface area contributed by atoms with Crippen LogP contribution in [0.25, 0.3) is 0 Å². The van der Waals surface area contributed by atoms with Crippen LogP contribution in [0, 0.1) is 0 Å². The smallest absolute Gasteiger partial charge is 0.408 e. The molecule has 1 aliphatic rings. The van der Waals surface area contributed by atoms with Gasteiger partial charge in [-0.15, -0.1) is 0 Å². The number of hydrogen-bond acceptors (Lipinski definition) is 4. The summed E-state index contributed by atoms with van der Waals surface area (Å²) in [6.07, 6.45) is -0.233. The van der Waals surface area contributed by atoms with Crippen molar-refractivity contribution >= 4 is 35.3 Å². The SMILES string of the molecule is O=C1NCC(CCOC(=O)c2ccccc2)(c2ccc(Cl)c(Cl)c2)O1. The van der Waals surface area contributed by atoms with Gasteiger partial charge in [-0.25, -0.2) is 9.59 Å². The highest BCUT2D eigenvalue weighted by molar-refractivity contribution is 6.42. The highest BCUT2D eigenvalue weighted by Crippen LogP contribution is 2.36. The molecule has 1 heterocycles. The lowest BCUT2D eigenvalue weighted by atomic mass is 9.91. The predicted octanol–water partition coefficient (Wildman–Crippen LogP) is 4.18. The van der Waals surface area contributed by atoms with Gasteiger partial charge in [-0.3, -0.25) is 0 Å². The molecule has 1 unspecified atom stereocenters. The molecule has 7 heteroatoms. The summed E-state index contributed by atoms with van der Waals surface area (Å²) in [5, 5.41) is 3.41. The average Bonchev–Trinajstić information content (AvgIpc) is 3.00. The standard InChI is InChI=1S/C18H15Cl2NO4/c19-14-7-6-13(10-15(14)20)18(11-21-17(23)25-18)8-9-24-16(22)12-4-2-1-3-5-12/h1-7,10H,8-9,11H2,(H,21,23). The molecule has 1 aliphatic heterocycles. The number of amides is 1. The number of benzene rings is 2. The van der Waals surface area contributed by atoms with Gasteiger partial charge in [-0.2, -0.15) is 0 Å². The molecule has 1 amide bonds. The van der Waals surface area contributed by atoms with E-state index in [1.165, 1.54) is 0 Å². The van der Waals surface area contributed by atoms with Gasteiger partial charge >= 0.3 is 12.1 Å². The van der Waals surface area contributed by atoms with E-state index in [-0.39, 0.29) is 13.2 Å². The summed E-state index contributed by atoms with van der Waals surface area (Å²) < 4.78 is 10.8. The molecule has 0 radical (unpaired) electrons. The van der Waals surface area contributed by atoms with Crippen molar-refractivity contribution in [2.75, 3.05) is 13.2 Å². The summed E-state index contributed by atoms with van der Waals surface area (Å²) in [5.41, 5.74) is 0.200. The van der Waals surface area contributed by atoms with Crippen LogP contribution in [0.1, 0.15) is 22.3 Å². The molecule has 0 aliphatic carbocycles. The molecule has 25 heavy (non-hydrogen) atoms. The van der Waals surface area contributed by atoms with E-state index in [0.29, 0.717) is 27.6 Å². The molecule has 0 bridgehead atoms. The summed E-state index contributed by atoms with van der Waals surface area (Å²) in [6.45, 7) is 0.343. The van der Waals surface area contributed by atoms with Crippen molar-refractivity contribution in [3.8, 4) is 0 Å². The number of carbonyl (C=O) groups excluding carboxylic acids is 2. The Morgan fingerprint density at radius 1 is 1.16 bits per heavy atom. The van der Waals surface area contributed by atoms with Gasteiger partial charge in [0.1, 0.15) is 0 Å². The topological polar surface area (TPSA) is 64.6 Å². The first kappa shape index (κ1) is 17.6. The number of alkyl carbamates (subject to hydrolysis) is 1. The molecular formula is C18H15Cl2NO4. The quantitative estimate of drug-likeness (QED) is 0.791. The van der Waals surface area contributed by atoms with Crippen LogP contribution in [-0.4, -0.2) is 25.2 Å². The van der Waals surface area contributed by atoms with Crippen LogP contribution in [0.3, 0.4) is 0 Å². The minimum absolute atomic E-state index is 0.0862. The van der Waals surface area contributed by atoms with Crippen molar-refractivity contribution in [3.63, 3.8) is 0 Å². The van der Waals surface area contributed by atoms with Crippen molar-refractivity contribution in [1.29, 1.82) is 0 Å². The average molecular weight is 380 g/mol. The maximum absolute atomic E-state index is 12.0. The highest BCUT2D eigenvalue weighted by Gasteiger charge is 2.42. The fourth-order valence-corrected chi connectivity index (χ4v) is 2.95. The van der Waals surface area contributed by atoms with Gasteiger partial charge in [0.2, 0.25) is 0 Å². The molecule has 1 N–H and O–H groups in total. The molecule has 1 saturated heterocycles. The Kier molecular flexibility index (Phi) is 5.16. The Morgan fingerprint density at radius 3 is 2.56 bits per heavy atom. The number of ether oxygens (including phenoxy) is 2. The molecule has 3 rings (SSSR count). The number of hydrogen-bond donors (Lipinski definition) is 1. The van der Waals surface area contributed by atoms with Crippen LogP contribution in [-0.2, 0) is 15.1 Å².